The van der Waals surface area contributed by atoms with E-state index in [0.29, 0.717) is 22.9 Å². The maximum atomic E-state index is 12.9. The predicted molar refractivity (Wildman–Crippen MR) is 83.9 cm³/mol. The Morgan fingerprint density at radius 1 is 1.10 bits per heavy atom. The van der Waals surface area contributed by atoms with E-state index in [-0.39, 0.29) is 5.78 Å². The second-order valence-electron chi connectivity index (χ2n) is 5.47. The number of carbonyl (C=O) groups excluding carboxylic acids is 1. The highest BCUT2D eigenvalue weighted by atomic mass is 16.5. The van der Waals surface area contributed by atoms with Crippen LogP contribution in [0, 0.1) is 0 Å². The van der Waals surface area contributed by atoms with Crippen molar-refractivity contribution >= 4 is 11.5 Å². The summed E-state index contributed by atoms with van der Waals surface area (Å²) in [6.07, 6.45) is 3.57. The number of ketones is 1. The van der Waals surface area contributed by atoms with Gasteiger partial charge < -0.3 is 10.5 Å². The molecule has 1 fully saturated rings. The lowest BCUT2D eigenvalue weighted by atomic mass is 9.77. The third-order valence-electron chi connectivity index (χ3n) is 4.28. The Morgan fingerprint density at radius 2 is 1.81 bits per heavy atom. The van der Waals surface area contributed by atoms with Crippen LogP contribution in [0.4, 0.5) is 5.69 Å². The molecule has 0 aliphatic heterocycles. The number of rotatable bonds is 4. The summed E-state index contributed by atoms with van der Waals surface area (Å²) in [7, 11) is 1.56. The molecule has 3 heteroatoms. The zero-order valence-electron chi connectivity index (χ0n) is 12.1. The lowest BCUT2D eigenvalue weighted by Crippen LogP contribution is -2.15. The molecule has 3 rings (SSSR count). The van der Waals surface area contributed by atoms with Gasteiger partial charge in [0.05, 0.1) is 12.8 Å². The van der Waals surface area contributed by atoms with Crippen molar-refractivity contribution in [1.29, 1.82) is 0 Å². The van der Waals surface area contributed by atoms with Crippen molar-refractivity contribution in [3.8, 4) is 5.75 Å². The second kappa shape index (κ2) is 5.60. The summed E-state index contributed by atoms with van der Waals surface area (Å²) >= 11 is 0. The monoisotopic (exact) mass is 281 g/mol. The van der Waals surface area contributed by atoms with Crippen molar-refractivity contribution in [3.63, 3.8) is 0 Å². The summed E-state index contributed by atoms with van der Waals surface area (Å²) in [5.74, 6) is 1.04. The fourth-order valence-electron chi connectivity index (χ4n) is 2.84. The third kappa shape index (κ3) is 2.40. The maximum Gasteiger partial charge on any atom is 0.195 e. The van der Waals surface area contributed by atoms with Crippen molar-refractivity contribution in [2.75, 3.05) is 12.8 Å². The molecule has 108 valence electrons. The van der Waals surface area contributed by atoms with E-state index < -0.39 is 0 Å². The van der Waals surface area contributed by atoms with Crippen LogP contribution in [-0.4, -0.2) is 12.9 Å². The van der Waals surface area contributed by atoms with Gasteiger partial charge in [-0.05, 0) is 36.5 Å². The number of benzene rings is 2. The second-order valence-corrected chi connectivity index (χ2v) is 5.47. The molecule has 2 aromatic carbocycles. The van der Waals surface area contributed by atoms with Crippen LogP contribution in [-0.2, 0) is 0 Å². The molecule has 0 radical (unpaired) electrons. The summed E-state index contributed by atoms with van der Waals surface area (Å²) in [5.41, 5.74) is 8.90. The number of nitrogens with two attached hydrogens (primary N) is 1. The number of para-hydroxylation sites is 1. The summed E-state index contributed by atoms with van der Waals surface area (Å²) in [6, 6.07) is 13.2. The molecule has 3 nitrogen and oxygen atoms in total. The largest absolute Gasteiger partial charge is 0.495 e. The molecule has 0 saturated heterocycles. The van der Waals surface area contributed by atoms with Crippen LogP contribution in [0.2, 0.25) is 0 Å². The van der Waals surface area contributed by atoms with Crippen LogP contribution >= 0.6 is 0 Å². The van der Waals surface area contributed by atoms with Crippen LogP contribution in [0.15, 0.2) is 42.5 Å². The number of carbonyl (C=O) groups is 1. The minimum absolute atomic E-state index is 0.0195. The van der Waals surface area contributed by atoms with Crippen molar-refractivity contribution in [2.24, 2.45) is 0 Å². The summed E-state index contributed by atoms with van der Waals surface area (Å²) in [6.45, 7) is 0. The van der Waals surface area contributed by atoms with Gasteiger partial charge in [0, 0.05) is 11.1 Å². The number of nitrogen functional groups attached to an aromatic ring is 1. The van der Waals surface area contributed by atoms with Gasteiger partial charge in [0.1, 0.15) is 5.75 Å². The molecule has 21 heavy (non-hydrogen) atoms. The molecular formula is C18H19NO2. The molecule has 1 saturated carbocycles. The number of anilines is 1. The van der Waals surface area contributed by atoms with E-state index >= 15 is 0 Å². The van der Waals surface area contributed by atoms with Crippen LogP contribution in [0.1, 0.15) is 46.7 Å². The van der Waals surface area contributed by atoms with Gasteiger partial charge in [-0.2, -0.15) is 0 Å². The standard InChI is InChI=1S/C18H19NO2/c1-21-16-11-5-10-15(17(16)19)18(20)14-9-3-2-8-13(14)12-6-4-7-12/h2-3,5,8-12H,4,6-7,19H2,1H3. The van der Waals surface area contributed by atoms with Gasteiger partial charge in [-0.3, -0.25) is 4.79 Å². The van der Waals surface area contributed by atoms with Crippen molar-refractivity contribution in [2.45, 2.75) is 25.2 Å². The average molecular weight is 281 g/mol. The van der Waals surface area contributed by atoms with Gasteiger partial charge in [-0.25, -0.2) is 0 Å². The van der Waals surface area contributed by atoms with Crippen LogP contribution < -0.4 is 10.5 Å². The first-order chi connectivity index (χ1) is 10.2. The first-order valence-electron chi connectivity index (χ1n) is 7.28. The Hall–Kier alpha value is -2.29. The number of hydrogen-bond donors (Lipinski definition) is 1. The third-order valence-corrected chi connectivity index (χ3v) is 4.28. The van der Waals surface area contributed by atoms with Gasteiger partial charge in [-0.15, -0.1) is 0 Å². The van der Waals surface area contributed by atoms with E-state index in [2.05, 4.69) is 6.07 Å². The van der Waals surface area contributed by atoms with Gasteiger partial charge >= 0.3 is 0 Å². The van der Waals surface area contributed by atoms with E-state index in [1.165, 1.54) is 6.42 Å². The Bertz CT molecular complexity index is 675. The smallest absolute Gasteiger partial charge is 0.195 e. The number of ether oxygens (including phenoxy) is 1. The molecule has 0 unspecified atom stereocenters. The topological polar surface area (TPSA) is 52.3 Å². The highest BCUT2D eigenvalue weighted by Gasteiger charge is 2.25. The van der Waals surface area contributed by atoms with Crippen molar-refractivity contribution < 1.29 is 9.53 Å². The zero-order valence-corrected chi connectivity index (χ0v) is 12.1. The lowest BCUT2D eigenvalue weighted by molar-refractivity contribution is 0.103. The molecule has 0 bridgehead atoms. The average Bonchev–Trinajstić information content (AvgIpc) is 2.46. The predicted octanol–water partition coefficient (Wildman–Crippen LogP) is 3.78. The Morgan fingerprint density at radius 3 is 2.48 bits per heavy atom. The number of methoxy groups -OCH3 is 1. The zero-order chi connectivity index (χ0) is 14.8. The van der Waals surface area contributed by atoms with Crippen LogP contribution in [0.5, 0.6) is 5.75 Å². The normalized spacial score (nSPS) is 14.5. The number of hydrogen-bond acceptors (Lipinski definition) is 3. The molecule has 1 aliphatic rings. The van der Waals surface area contributed by atoms with Gasteiger partial charge in [0.25, 0.3) is 0 Å². The summed E-state index contributed by atoms with van der Waals surface area (Å²) in [5, 5.41) is 0. The highest BCUT2D eigenvalue weighted by Crippen LogP contribution is 2.39. The van der Waals surface area contributed by atoms with Gasteiger partial charge in [-0.1, -0.05) is 36.8 Å². The van der Waals surface area contributed by atoms with Crippen molar-refractivity contribution in [3.05, 3.63) is 59.2 Å². The Kier molecular flexibility index (Phi) is 3.65. The van der Waals surface area contributed by atoms with Crippen LogP contribution in [0.3, 0.4) is 0 Å². The fraction of sp³-hybridized carbons (Fsp3) is 0.278. The Balaban J connectivity index is 2.03. The van der Waals surface area contributed by atoms with E-state index in [0.717, 1.165) is 24.0 Å². The van der Waals surface area contributed by atoms with Gasteiger partial charge in [0.2, 0.25) is 0 Å². The lowest BCUT2D eigenvalue weighted by Gasteiger charge is -2.27. The minimum Gasteiger partial charge on any atom is -0.495 e. The molecule has 2 N–H and O–H groups in total. The Labute approximate surface area is 124 Å². The first kappa shape index (κ1) is 13.7. The maximum absolute atomic E-state index is 12.9. The SMILES string of the molecule is COc1cccc(C(=O)c2ccccc2C2CCC2)c1N. The molecule has 2 aromatic rings. The first-order valence-corrected chi connectivity index (χ1v) is 7.28. The van der Waals surface area contributed by atoms with E-state index in [1.54, 1.807) is 25.3 Å². The summed E-state index contributed by atoms with van der Waals surface area (Å²) in [4.78, 5) is 12.9. The van der Waals surface area contributed by atoms with E-state index in [1.807, 2.05) is 18.2 Å². The molecular weight excluding hydrogens is 262 g/mol. The molecule has 0 amide bonds. The molecule has 0 aromatic heterocycles. The molecule has 0 heterocycles. The fourth-order valence-corrected chi connectivity index (χ4v) is 2.84. The van der Waals surface area contributed by atoms with Gasteiger partial charge in [0.15, 0.2) is 5.78 Å². The van der Waals surface area contributed by atoms with Crippen LogP contribution in [0.25, 0.3) is 0 Å². The molecule has 0 atom stereocenters. The van der Waals surface area contributed by atoms with E-state index in [4.69, 9.17) is 10.5 Å². The molecule has 0 spiro atoms. The highest BCUT2D eigenvalue weighted by molar-refractivity contribution is 6.13. The molecule has 1 aliphatic carbocycles. The quantitative estimate of drug-likeness (QED) is 0.685. The minimum atomic E-state index is -0.0195. The summed E-state index contributed by atoms with van der Waals surface area (Å²) < 4.78 is 5.20. The van der Waals surface area contributed by atoms with E-state index in [9.17, 15) is 4.79 Å². The van der Waals surface area contributed by atoms with Crippen molar-refractivity contribution in [1.82, 2.24) is 0 Å².